The van der Waals surface area contributed by atoms with E-state index in [0.717, 1.165) is 0 Å². The monoisotopic (exact) mass is 254 g/mol. The highest BCUT2D eigenvalue weighted by atomic mass is 16.6. The van der Waals surface area contributed by atoms with Gasteiger partial charge in [-0.3, -0.25) is 10.1 Å². The quantitative estimate of drug-likeness (QED) is 0.518. The van der Waals surface area contributed by atoms with Crippen molar-refractivity contribution >= 4 is 5.69 Å². The van der Waals surface area contributed by atoms with Crippen molar-refractivity contribution in [1.82, 2.24) is 5.32 Å². The molecular formula is C12H18N2O4. The van der Waals surface area contributed by atoms with Gasteiger partial charge in [0.15, 0.2) is 0 Å². The van der Waals surface area contributed by atoms with E-state index in [1.165, 1.54) is 12.1 Å². The normalized spacial score (nSPS) is 14.2. The summed E-state index contributed by atoms with van der Waals surface area (Å²) < 4.78 is 0. The van der Waals surface area contributed by atoms with Crippen LogP contribution in [0.4, 0.5) is 5.69 Å². The fraction of sp³-hybridized carbons (Fsp3) is 0.500. The van der Waals surface area contributed by atoms with Crippen LogP contribution in [0.25, 0.3) is 0 Å². The molecule has 100 valence electrons. The zero-order chi connectivity index (χ0) is 13.7. The van der Waals surface area contributed by atoms with Gasteiger partial charge in [-0.2, -0.15) is 0 Å². The Balaban J connectivity index is 2.95. The molecule has 3 N–H and O–H groups in total. The van der Waals surface area contributed by atoms with Crippen LogP contribution in [0.5, 0.6) is 0 Å². The Bertz CT molecular complexity index is 423. The number of hydrogen-bond acceptors (Lipinski definition) is 5. The van der Waals surface area contributed by atoms with E-state index >= 15 is 0 Å². The molecule has 1 aromatic carbocycles. The van der Waals surface area contributed by atoms with E-state index in [4.69, 9.17) is 0 Å². The maximum atomic E-state index is 10.8. The molecule has 1 rings (SSSR count). The Morgan fingerprint density at radius 1 is 1.44 bits per heavy atom. The number of nitrogens with zero attached hydrogens (tertiary/aromatic N) is 1. The standard InChI is InChI=1S/C12H18N2O4/c1-8-9(4-3-5-10(8)14(17)18)12(16)11(15)6-7-13-2/h3-5,11-13,15-16H,6-7H2,1-2H3. The van der Waals surface area contributed by atoms with Crippen molar-refractivity contribution < 1.29 is 15.1 Å². The van der Waals surface area contributed by atoms with Crippen LogP contribution in [-0.2, 0) is 0 Å². The lowest BCUT2D eigenvalue weighted by molar-refractivity contribution is -0.385. The summed E-state index contributed by atoms with van der Waals surface area (Å²) in [5.41, 5.74) is 0.735. The predicted octanol–water partition coefficient (Wildman–Crippen LogP) is 0.907. The molecule has 0 spiro atoms. The molecule has 18 heavy (non-hydrogen) atoms. The summed E-state index contributed by atoms with van der Waals surface area (Å²) in [6.07, 6.45) is -1.68. The van der Waals surface area contributed by atoms with Crippen molar-refractivity contribution in [3.8, 4) is 0 Å². The van der Waals surface area contributed by atoms with Crippen LogP contribution in [0.15, 0.2) is 18.2 Å². The highest BCUT2D eigenvalue weighted by molar-refractivity contribution is 5.45. The maximum Gasteiger partial charge on any atom is 0.272 e. The second-order valence-corrected chi connectivity index (χ2v) is 4.15. The minimum atomic E-state index is -1.11. The molecule has 0 amide bonds. The van der Waals surface area contributed by atoms with Gasteiger partial charge in [0.1, 0.15) is 6.10 Å². The number of benzene rings is 1. The molecule has 0 aliphatic carbocycles. The predicted molar refractivity (Wildman–Crippen MR) is 67.3 cm³/mol. The lowest BCUT2D eigenvalue weighted by atomic mass is 9.97. The molecule has 0 bridgehead atoms. The van der Waals surface area contributed by atoms with Crippen molar-refractivity contribution in [2.24, 2.45) is 0 Å². The lowest BCUT2D eigenvalue weighted by Gasteiger charge is -2.19. The Morgan fingerprint density at radius 2 is 2.11 bits per heavy atom. The molecule has 0 aliphatic heterocycles. The van der Waals surface area contributed by atoms with Gasteiger partial charge in [0, 0.05) is 11.6 Å². The van der Waals surface area contributed by atoms with Crippen molar-refractivity contribution in [2.75, 3.05) is 13.6 Å². The molecule has 2 unspecified atom stereocenters. The first kappa shape index (κ1) is 14.6. The van der Waals surface area contributed by atoms with E-state index in [9.17, 15) is 20.3 Å². The van der Waals surface area contributed by atoms with E-state index in [1.54, 1.807) is 20.0 Å². The van der Waals surface area contributed by atoms with Gasteiger partial charge < -0.3 is 15.5 Å². The summed E-state index contributed by atoms with van der Waals surface area (Å²) in [5, 5.41) is 33.5. The van der Waals surface area contributed by atoms with Gasteiger partial charge in [-0.1, -0.05) is 12.1 Å². The second kappa shape index (κ2) is 6.44. The van der Waals surface area contributed by atoms with E-state index in [0.29, 0.717) is 24.1 Å². The first-order chi connectivity index (χ1) is 8.49. The fourth-order valence-corrected chi connectivity index (χ4v) is 1.82. The third-order valence-corrected chi connectivity index (χ3v) is 2.92. The van der Waals surface area contributed by atoms with Crippen LogP contribution < -0.4 is 5.32 Å². The summed E-state index contributed by atoms with van der Waals surface area (Å²) in [6.45, 7) is 2.13. The van der Waals surface area contributed by atoms with Crippen LogP contribution >= 0.6 is 0 Å². The third-order valence-electron chi connectivity index (χ3n) is 2.92. The van der Waals surface area contributed by atoms with E-state index in [-0.39, 0.29) is 5.69 Å². The largest absolute Gasteiger partial charge is 0.390 e. The highest BCUT2D eigenvalue weighted by Crippen LogP contribution is 2.28. The van der Waals surface area contributed by atoms with Crippen LogP contribution in [0.3, 0.4) is 0 Å². The summed E-state index contributed by atoms with van der Waals surface area (Å²) >= 11 is 0. The minimum Gasteiger partial charge on any atom is -0.390 e. The van der Waals surface area contributed by atoms with Gasteiger partial charge in [0.05, 0.1) is 11.0 Å². The van der Waals surface area contributed by atoms with Crippen LogP contribution in [-0.4, -0.2) is 34.8 Å². The molecule has 0 radical (unpaired) electrons. The summed E-state index contributed by atoms with van der Waals surface area (Å²) in [7, 11) is 1.75. The van der Waals surface area contributed by atoms with Crippen LogP contribution in [0.2, 0.25) is 0 Å². The fourth-order valence-electron chi connectivity index (χ4n) is 1.82. The molecule has 1 aromatic rings. The van der Waals surface area contributed by atoms with Crippen molar-refractivity contribution in [2.45, 2.75) is 25.6 Å². The van der Waals surface area contributed by atoms with Gasteiger partial charge in [-0.15, -0.1) is 0 Å². The number of nitro benzene ring substituents is 1. The SMILES string of the molecule is CNCCC(O)C(O)c1cccc([N+](=O)[O-])c1C. The Labute approximate surface area is 105 Å². The zero-order valence-electron chi connectivity index (χ0n) is 10.5. The molecule has 6 nitrogen and oxygen atoms in total. The topological polar surface area (TPSA) is 95.6 Å². The number of nitro groups is 1. The third kappa shape index (κ3) is 3.25. The number of hydrogen-bond donors (Lipinski definition) is 3. The number of nitrogens with one attached hydrogen (secondary N) is 1. The molecule has 0 saturated carbocycles. The second-order valence-electron chi connectivity index (χ2n) is 4.15. The maximum absolute atomic E-state index is 10.8. The van der Waals surface area contributed by atoms with Gasteiger partial charge >= 0.3 is 0 Å². The Kier molecular flexibility index (Phi) is 5.21. The zero-order valence-corrected chi connectivity index (χ0v) is 10.5. The molecule has 0 heterocycles. The van der Waals surface area contributed by atoms with Gasteiger partial charge in [0.2, 0.25) is 0 Å². The van der Waals surface area contributed by atoms with Gasteiger partial charge in [-0.25, -0.2) is 0 Å². The van der Waals surface area contributed by atoms with E-state index < -0.39 is 17.1 Å². The number of aliphatic hydroxyl groups is 2. The molecule has 0 aliphatic rings. The first-order valence-corrected chi connectivity index (χ1v) is 5.73. The summed E-state index contributed by atoms with van der Waals surface area (Å²) in [6, 6.07) is 4.48. The minimum absolute atomic E-state index is 0.0487. The molecule has 6 heteroatoms. The molecule has 2 atom stereocenters. The average Bonchev–Trinajstić information content (AvgIpc) is 2.35. The van der Waals surface area contributed by atoms with Crippen molar-refractivity contribution in [3.63, 3.8) is 0 Å². The summed E-state index contributed by atoms with van der Waals surface area (Å²) in [5.74, 6) is 0. The lowest BCUT2D eigenvalue weighted by Crippen LogP contribution is -2.24. The van der Waals surface area contributed by atoms with Gasteiger partial charge in [-0.05, 0) is 32.5 Å². The molecule has 0 aromatic heterocycles. The van der Waals surface area contributed by atoms with Crippen molar-refractivity contribution in [1.29, 1.82) is 0 Å². The molecule has 0 saturated heterocycles. The number of rotatable bonds is 6. The summed E-state index contributed by atoms with van der Waals surface area (Å²) in [4.78, 5) is 10.3. The van der Waals surface area contributed by atoms with Crippen LogP contribution in [0.1, 0.15) is 23.7 Å². The van der Waals surface area contributed by atoms with Crippen molar-refractivity contribution in [3.05, 3.63) is 39.4 Å². The average molecular weight is 254 g/mol. The number of aliphatic hydroxyl groups excluding tert-OH is 2. The first-order valence-electron chi connectivity index (χ1n) is 5.73. The Hall–Kier alpha value is -1.50. The van der Waals surface area contributed by atoms with E-state index in [1.807, 2.05) is 0 Å². The molecule has 0 fully saturated rings. The van der Waals surface area contributed by atoms with E-state index in [2.05, 4.69) is 5.32 Å². The Morgan fingerprint density at radius 3 is 2.67 bits per heavy atom. The van der Waals surface area contributed by atoms with Crippen LogP contribution in [0, 0.1) is 17.0 Å². The smallest absolute Gasteiger partial charge is 0.272 e. The van der Waals surface area contributed by atoms with Gasteiger partial charge in [0.25, 0.3) is 5.69 Å². The molecular weight excluding hydrogens is 236 g/mol. The highest BCUT2D eigenvalue weighted by Gasteiger charge is 2.23.